The van der Waals surface area contributed by atoms with Gasteiger partial charge in [0.1, 0.15) is 0 Å². The van der Waals surface area contributed by atoms with Crippen molar-refractivity contribution in [2.45, 2.75) is 44.7 Å². The third kappa shape index (κ3) is 4.78. The fourth-order valence-electron chi connectivity index (χ4n) is 6.30. The van der Waals surface area contributed by atoms with Gasteiger partial charge in [-0.15, -0.1) is 0 Å². The summed E-state index contributed by atoms with van der Waals surface area (Å²) in [7, 11) is 4.47. The number of hydrogen-bond donors (Lipinski definition) is 0. The minimum Gasteiger partial charge on any atom is -0.374 e. The number of rotatable bonds is 6. The molecule has 4 atom stereocenters. The zero-order valence-corrected chi connectivity index (χ0v) is 19.2. The van der Waals surface area contributed by atoms with Gasteiger partial charge in [0.25, 0.3) is 0 Å². The average molecular weight is 420 g/mol. The standard InChI is InChI=1S/C26H37N5/c1-29-13-3-4-26(29)21-7-8-24(28-15-21)19-31-16-20-5-6-22(18-31)23(14-20)17-30(2)25-9-11-27-12-10-25/h7-12,15,20,22-23,26H,3-6,13-14,16-19H2,1-2H3. The molecule has 1 saturated carbocycles. The molecular weight excluding hydrogens is 382 g/mol. The molecule has 3 aliphatic heterocycles. The van der Waals surface area contributed by atoms with Gasteiger partial charge in [0.05, 0.1) is 5.69 Å². The zero-order valence-electron chi connectivity index (χ0n) is 19.2. The lowest BCUT2D eigenvalue weighted by atomic mass is 9.75. The topological polar surface area (TPSA) is 35.5 Å². The van der Waals surface area contributed by atoms with Crippen molar-refractivity contribution in [3.63, 3.8) is 0 Å². The van der Waals surface area contributed by atoms with Crippen LogP contribution in [0.2, 0.25) is 0 Å². The van der Waals surface area contributed by atoms with Gasteiger partial charge in [-0.3, -0.25) is 19.8 Å². The smallest absolute Gasteiger partial charge is 0.0544 e. The molecule has 0 N–H and O–H groups in total. The fourth-order valence-corrected chi connectivity index (χ4v) is 6.30. The van der Waals surface area contributed by atoms with Crippen molar-refractivity contribution in [2.24, 2.45) is 17.8 Å². The summed E-state index contributed by atoms with van der Waals surface area (Å²) in [6.07, 6.45) is 12.7. The molecule has 4 fully saturated rings. The number of likely N-dealkylation sites (tertiary alicyclic amines) is 1. The second kappa shape index (κ2) is 9.25. The molecule has 0 spiro atoms. The molecule has 5 heteroatoms. The molecule has 2 aromatic heterocycles. The molecule has 0 aromatic carbocycles. The quantitative estimate of drug-likeness (QED) is 0.700. The van der Waals surface area contributed by atoms with Crippen molar-refractivity contribution in [2.75, 3.05) is 45.2 Å². The minimum absolute atomic E-state index is 0.564. The summed E-state index contributed by atoms with van der Waals surface area (Å²) in [6.45, 7) is 5.82. The molecule has 2 bridgehead atoms. The highest BCUT2D eigenvalue weighted by Gasteiger charge is 2.37. The van der Waals surface area contributed by atoms with Crippen LogP contribution in [0, 0.1) is 17.8 Å². The molecule has 0 amide bonds. The molecule has 2 aromatic rings. The number of nitrogens with zero attached hydrogens (tertiary/aromatic N) is 5. The summed E-state index contributed by atoms with van der Waals surface area (Å²) < 4.78 is 0. The number of anilines is 1. The second-order valence-corrected chi connectivity index (χ2v) is 10.2. The van der Waals surface area contributed by atoms with E-state index < -0.39 is 0 Å². The van der Waals surface area contributed by atoms with Gasteiger partial charge < -0.3 is 4.90 Å². The van der Waals surface area contributed by atoms with Gasteiger partial charge in [0.2, 0.25) is 0 Å². The van der Waals surface area contributed by atoms with E-state index in [0.29, 0.717) is 6.04 Å². The monoisotopic (exact) mass is 419 g/mol. The van der Waals surface area contributed by atoms with Gasteiger partial charge in [-0.05, 0) is 87.2 Å². The Labute approximate surface area is 187 Å². The number of hydrogen-bond acceptors (Lipinski definition) is 5. The molecule has 166 valence electrons. The van der Waals surface area contributed by atoms with Crippen LogP contribution in [0.25, 0.3) is 0 Å². The summed E-state index contributed by atoms with van der Waals surface area (Å²) in [6, 6.07) is 9.42. The summed E-state index contributed by atoms with van der Waals surface area (Å²) in [4.78, 5) is 16.6. The Morgan fingerprint density at radius 1 is 1.06 bits per heavy atom. The molecule has 4 unspecified atom stereocenters. The van der Waals surface area contributed by atoms with Crippen molar-refractivity contribution in [3.8, 4) is 0 Å². The Bertz CT molecular complexity index is 839. The van der Waals surface area contributed by atoms with Gasteiger partial charge in [-0.25, -0.2) is 0 Å². The highest BCUT2D eigenvalue weighted by atomic mass is 15.2. The van der Waals surface area contributed by atoms with Crippen molar-refractivity contribution < 1.29 is 0 Å². The number of aromatic nitrogens is 2. The molecule has 1 aliphatic carbocycles. The van der Waals surface area contributed by atoms with E-state index in [1.807, 2.05) is 12.4 Å². The molecule has 6 rings (SSSR count). The van der Waals surface area contributed by atoms with E-state index in [1.165, 1.54) is 68.7 Å². The highest BCUT2D eigenvalue weighted by molar-refractivity contribution is 5.43. The SMILES string of the molecule is CN(CC1CC2CCC1CN(Cc1ccc(C3CCCN3C)cn1)C2)c1ccncc1. The van der Waals surface area contributed by atoms with Gasteiger partial charge in [0.15, 0.2) is 0 Å². The summed E-state index contributed by atoms with van der Waals surface area (Å²) in [5, 5.41) is 0. The first-order valence-corrected chi connectivity index (χ1v) is 12.1. The first kappa shape index (κ1) is 20.9. The van der Waals surface area contributed by atoms with Crippen LogP contribution in [-0.2, 0) is 6.54 Å². The third-order valence-electron chi connectivity index (χ3n) is 8.01. The summed E-state index contributed by atoms with van der Waals surface area (Å²) in [5.41, 5.74) is 3.90. The lowest BCUT2D eigenvalue weighted by molar-refractivity contribution is 0.211. The Kier molecular flexibility index (Phi) is 6.24. The van der Waals surface area contributed by atoms with E-state index in [2.05, 4.69) is 64.2 Å². The summed E-state index contributed by atoms with van der Waals surface area (Å²) >= 11 is 0. The first-order chi connectivity index (χ1) is 15.2. The van der Waals surface area contributed by atoms with E-state index in [4.69, 9.17) is 4.98 Å². The van der Waals surface area contributed by atoms with Crippen LogP contribution in [0.4, 0.5) is 5.69 Å². The maximum Gasteiger partial charge on any atom is 0.0544 e. The van der Waals surface area contributed by atoms with Gasteiger partial charge in [-0.1, -0.05) is 6.07 Å². The van der Waals surface area contributed by atoms with E-state index >= 15 is 0 Å². The minimum atomic E-state index is 0.564. The average Bonchev–Trinajstić information content (AvgIpc) is 3.03. The lowest BCUT2D eigenvalue weighted by Gasteiger charge is -2.35. The maximum absolute atomic E-state index is 4.88. The third-order valence-corrected chi connectivity index (χ3v) is 8.01. The molecular formula is C26H37N5. The van der Waals surface area contributed by atoms with Crippen LogP contribution >= 0.6 is 0 Å². The van der Waals surface area contributed by atoms with Crippen LogP contribution in [0.5, 0.6) is 0 Å². The number of fused-ring (bicyclic) bond motifs is 4. The van der Waals surface area contributed by atoms with Crippen LogP contribution in [0.1, 0.15) is 49.4 Å². The summed E-state index contributed by atoms with van der Waals surface area (Å²) in [5.74, 6) is 2.42. The Morgan fingerprint density at radius 3 is 2.68 bits per heavy atom. The first-order valence-electron chi connectivity index (χ1n) is 12.1. The van der Waals surface area contributed by atoms with Crippen LogP contribution in [0.15, 0.2) is 42.9 Å². The highest BCUT2D eigenvalue weighted by Crippen LogP contribution is 2.39. The van der Waals surface area contributed by atoms with Crippen molar-refractivity contribution >= 4 is 5.69 Å². The Balaban J connectivity index is 1.20. The largest absolute Gasteiger partial charge is 0.374 e. The Morgan fingerprint density at radius 2 is 1.94 bits per heavy atom. The van der Waals surface area contributed by atoms with Gasteiger partial charge >= 0.3 is 0 Å². The maximum atomic E-state index is 4.88. The van der Waals surface area contributed by atoms with Crippen molar-refractivity contribution in [3.05, 3.63) is 54.1 Å². The van der Waals surface area contributed by atoms with Crippen molar-refractivity contribution in [1.29, 1.82) is 0 Å². The molecule has 3 saturated heterocycles. The molecule has 0 radical (unpaired) electrons. The van der Waals surface area contributed by atoms with Crippen LogP contribution in [0.3, 0.4) is 0 Å². The molecule has 31 heavy (non-hydrogen) atoms. The van der Waals surface area contributed by atoms with E-state index in [-0.39, 0.29) is 0 Å². The zero-order chi connectivity index (χ0) is 21.2. The number of pyridine rings is 2. The molecule has 4 aliphatic rings. The van der Waals surface area contributed by atoms with Crippen molar-refractivity contribution in [1.82, 2.24) is 19.8 Å². The van der Waals surface area contributed by atoms with E-state index in [0.717, 1.165) is 30.8 Å². The molecule has 5 heterocycles. The lowest BCUT2D eigenvalue weighted by Crippen LogP contribution is -2.35. The fraction of sp³-hybridized carbons (Fsp3) is 0.615. The molecule has 5 nitrogen and oxygen atoms in total. The second-order valence-electron chi connectivity index (χ2n) is 10.2. The van der Waals surface area contributed by atoms with Crippen LogP contribution < -0.4 is 4.90 Å². The van der Waals surface area contributed by atoms with Crippen LogP contribution in [-0.4, -0.2) is 60.0 Å². The Hall–Kier alpha value is -1.98. The van der Waals surface area contributed by atoms with E-state index in [1.54, 1.807) is 0 Å². The van der Waals surface area contributed by atoms with E-state index in [9.17, 15) is 0 Å². The predicted octanol–water partition coefficient (Wildman–Crippen LogP) is 4.23. The van der Waals surface area contributed by atoms with Gasteiger partial charge in [-0.2, -0.15) is 0 Å². The predicted molar refractivity (Wildman–Crippen MR) is 126 cm³/mol. The normalized spacial score (nSPS) is 29.2. The van der Waals surface area contributed by atoms with Gasteiger partial charge in [0, 0.05) is 63.5 Å².